The van der Waals surface area contributed by atoms with Crippen molar-refractivity contribution >= 4 is 11.8 Å². The Morgan fingerprint density at radius 1 is 1.18 bits per heavy atom. The molecule has 17 heavy (non-hydrogen) atoms. The Bertz CT molecular complexity index is 402. The first kappa shape index (κ1) is 13.0. The summed E-state index contributed by atoms with van der Waals surface area (Å²) < 4.78 is 5.19. The van der Waals surface area contributed by atoms with Gasteiger partial charge in [-0.15, -0.1) is 0 Å². The molecule has 0 aromatic heterocycles. The maximum Gasteiger partial charge on any atom is 0.218 e. The van der Waals surface area contributed by atoms with Crippen LogP contribution in [-0.4, -0.2) is 18.9 Å². The van der Waals surface area contributed by atoms with Crippen LogP contribution in [0.25, 0.3) is 0 Å². The summed E-state index contributed by atoms with van der Waals surface area (Å²) in [6.45, 7) is 0. The van der Waals surface area contributed by atoms with E-state index in [2.05, 4.69) is 0 Å². The quantitative estimate of drug-likeness (QED) is 0.754. The van der Waals surface area contributed by atoms with Gasteiger partial charge in [-0.1, -0.05) is 18.2 Å². The summed E-state index contributed by atoms with van der Waals surface area (Å²) in [5, 5.41) is 0. The van der Waals surface area contributed by atoms with Crippen molar-refractivity contribution in [2.45, 2.75) is 18.8 Å². The van der Waals surface area contributed by atoms with Gasteiger partial charge in [0.15, 0.2) is 0 Å². The van der Waals surface area contributed by atoms with Gasteiger partial charge >= 0.3 is 0 Å². The predicted octanol–water partition coefficient (Wildman–Crippen LogP) is 0.530. The smallest absolute Gasteiger partial charge is 0.218 e. The van der Waals surface area contributed by atoms with E-state index in [0.717, 1.165) is 5.56 Å². The first-order valence-corrected chi connectivity index (χ1v) is 5.24. The van der Waals surface area contributed by atoms with Crippen LogP contribution in [0.2, 0.25) is 0 Å². The van der Waals surface area contributed by atoms with E-state index in [1.54, 1.807) is 12.1 Å². The Kier molecular flexibility index (Phi) is 4.51. The number of amides is 2. The molecule has 4 N–H and O–H groups in total. The van der Waals surface area contributed by atoms with Crippen LogP contribution in [0.4, 0.5) is 0 Å². The van der Waals surface area contributed by atoms with E-state index in [-0.39, 0.29) is 18.8 Å². The summed E-state index contributed by atoms with van der Waals surface area (Å²) in [4.78, 5) is 22.0. The van der Waals surface area contributed by atoms with Gasteiger partial charge in [0.1, 0.15) is 5.75 Å². The normalized spacial score (nSPS) is 10.2. The number of primary amides is 2. The van der Waals surface area contributed by atoms with Crippen molar-refractivity contribution in [3.05, 3.63) is 29.8 Å². The summed E-state index contributed by atoms with van der Waals surface area (Å²) in [6, 6.07) is 7.19. The minimum absolute atomic E-state index is 0.0727. The summed E-state index contributed by atoms with van der Waals surface area (Å²) in [5.74, 6) is -0.648. The van der Waals surface area contributed by atoms with E-state index in [1.807, 2.05) is 12.1 Å². The molecule has 0 radical (unpaired) electrons. The van der Waals surface area contributed by atoms with Crippen molar-refractivity contribution in [1.82, 2.24) is 0 Å². The molecule has 0 fully saturated rings. The minimum atomic E-state index is -0.470. The highest BCUT2D eigenvalue weighted by Gasteiger charge is 2.20. The lowest BCUT2D eigenvalue weighted by atomic mass is 9.91. The van der Waals surface area contributed by atoms with Crippen LogP contribution < -0.4 is 16.2 Å². The molecule has 5 heteroatoms. The number of methoxy groups -OCH3 is 1. The second-order valence-corrected chi connectivity index (χ2v) is 3.78. The molecule has 0 heterocycles. The summed E-state index contributed by atoms with van der Waals surface area (Å²) in [6.07, 6.45) is 0.145. The lowest BCUT2D eigenvalue weighted by Crippen LogP contribution is -2.21. The average Bonchev–Trinajstić information content (AvgIpc) is 2.27. The van der Waals surface area contributed by atoms with Crippen molar-refractivity contribution in [2.24, 2.45) is 11.5 Å². The number of carbonyl (C=O) groups excluding carboxylic acids is 2. The van der Waals surface area contributed by atoms with Gasteiger partial charge in [0.25, 0.3) is 0 Å². The van der Waals surface area contributed by atoms with E-state index in [4.69, 9.17) is 16.2 Å². The largest absolute Gasteiger partial charge is 0.496 e. The standard InChI is InChI=1S/C12H16N2O3/c1-17-10-5-3-2-4-9(10)8(6-11(13)15)7-12(14)16/h2-5,8H,6-7H2,1H3,(H2,13,15)(H2,14,16). The van der Waals surface area contributed by atoms with E-state index in [9.17, 15) is 9.59 Å². The van der Waals surface area contributed by atoms with Gasteiger partial charge < -0.3 is 16.2 Å². The number of benzene rings is 1. The Hall–Kier alpha value is -2.04. The zero-order valence-corrected chi connectivity index (χ0v) is 9.68. The first-order valence-electron chi connectivity index (χ1n) is 5.24. The third-order valence-corrected chi connectivity index (χ3v) is 2.47. The summed E-state index contributed by atoms with van der Waals surface area (Å²) in [5.41, 5.74) is 11.1. The van der Waals surface area contributed by atoms with Crippen molar-refractivity contribution < 1.29 is 14.3 Å². The molecule has 2 amide bonds. The highest BCUT2D eigenvalue weighted by atomic mass is 16.5. The van der Waals surface area contributed by atoms with Crippen molar-refractivity contribution in [3.8, 4) is 5.75 Å². The Morgan fingerprint density at radius 3 is 2.18 bits per heavy atom. The molecule has 0 aliphatic heterocycles. The highest BCUT2D eigenvalue weighted by molar-refractivity contribution is 5.79. The van der Waals surface area contributed by atoms with Gasteiger partial charge in [0, 0.05) is 18.8 Å². The monoisotopic (exact) mass is 236 g/mol. The van der Waals surface area contributed by atoms with Crippen LogP contribution >= 0.6 is 0 Å². The summed E-state index contributed by atoms with van der Waals surface area (Å²) in [7, 11) is 1.53. The molecule has 0 saturated carbocycles. The lowest BCUT2D eigenvalue weighted by Gasteiger charge is -2.17. The summed E-state index contributed by atoms with van der Waals surface area (Å²) >= 11 is 0. The van der Waals surface area contributed by atoms with Crippen LogP contribution in [0.5, 0.6) is 5.75 Å². The first-order chi connectivity index (χ1) is 8.04. The highest BCUT2D eigenvalue weighted by Crippen LogP contribution is 2.30. The second kappa shape index (κ2) is 5.89. The van der Waals surface area contributed by atoms with E-state index in [0.29, 0.717) is 5.75 Å². The minimum Gasteiger partial charge on any atom is -0.496 e. The maximum atomic E-state index is 11.0. The average molecular weight is 236 g/mol. The molecule has 0 aliphatic carbocycles. The van der Waals surface area contributed by atoms with Crippen LogP contribution in [-0.2, 0) is 9.59 Å². The number of nitrogens with two attached hydrogens (primary N) is 2. The fourth-order valence-corrected chi connectivity index (χ4v) is 1.78. The molecular weight excluding hydrogens is 220 g/mol. The molecule has 1 rings (SSSR count). The molecule has 0 unspecified atom stereocenters. The fraction of sp³-hybridized carbons (Fsp3) is 0.333. The van der Waals surface area contributed by atoms with E-state index < -0.39 is 11.8 Å². The van der Waals surface area contributed by atoms with Gasteiger partial charge in [-0.05, 0) is 11.6 Å². The number of ether oxygens (including phenoxy) is 1. The second-order valence-electron chi connectivity index (χ2n) is 3.78. The number of hydrogen-bond acceptors (Lipinski definition) is 3. The van der Waals surface area contributed by atoms with Crippen LogP contribution in [0.3, 0.4) is 0 Å². The molecule has 1 aromatic carbocycles. The molecule has 0 spiro atoms. The molecule has 0 bridgehead atoms. The van der Waals surface area contributed by atoms with Crippen LogP contribution in [0.1, 0.15) is 24.3 Å². The molecule has 92 valence electrons. The van der Waals surface area contributed by atoms with Crippen LogP contribution in [0, 0.1) is 0 Å². The Balaban J connectivity index is 3.02. The van der Waals surface area contributed by atoms with Gasteiger partial charge in [0.05, 0.1) is 7.11 Å². The van der Waals surface area contributed by atoms with Crippen LogP contribution in [0.15, 0.2) is 24.3 Å². The van der Waals surface area contributed by atoms with Crippen molar-refractivity contribution in [3.63, 3.8) is 0 Å². The maximum absolute atomic E-state index is 11.0. The van der Waals surface area contributed by atoms with Crippen molar-refractivity contribution in [2.75, 3.05) is 7.11 Å². The number of rotatable bonds is 6. The van der Waals surface area contributed by atoms with Crippen molar-refractivity contribution in [1.29, 1.82) is 0 Å². The molecule has 0 atom stereocenters. The fourth-order valence-electron chi connectivity index (χ4n) is 1.78. The predicted molar refractivity (Wildman–Crippen MR) is 63.4 cm³/mol. The zero-order valence-electron chi connectivity index (χ0n) is 9.68. The SMILES string of the molecule is COc1ccccc1C(CC(N)=O)CC(N)=O. The molecule has 5 nitrogen and oxygen atoms in total. The van der Waals surface area contributed by atoms with Gasteiger partial charge in [-0.3, -0.25) is 9.59 Å². The number of hydrogen-bond donors (Lipinski definition) is 2. The Labute approximate surface area is 99.7 Å². The topological polar surface area (TPSA) is 95.4 Å². The number of carbonyl (C=O) groups is 2. The van der Waals surface area contributed by atoms with E-state index >= 15 is 0 Å². The third-order valence-electron chi connectivity index (χ3n) is 2.47. The Morgan fingerprint density at radius 2 is 1.71 bits per heavy atom. The van der Waals surface area contributed by atoms with Gasteiger partial charge in [-0.2, -0.15) is 0 Å². The third kappa shape index (κ3) is 3.79. The van der Waals surface area contributed by atoms with Gasteiger partial charge in [0.2, 0.25) is 11.8 Å². The molecule has 1 aromatic rings. The lowest BCUT2D eigenvalue weighted by molar-refractivity contribution is -0.119. The molecule has 0 saturated heterocycles. The molecule has 0 aliphatic rings. The number of para-hydroxylation sites is 1. The molecular formula is C12H16N2O3. The van der Waals surface area contributed by atoms with E-state index in [1.165, 1.54) is 7.11 Å². The zero-order chi connectivity index (χ0) is 12.8. The van der Waals surface area contributed by atoms with Gasteiger partial charge in [-0.25, -0.2) is 0 Å².